The first-order valence-corrected chi connectivity index (χ1v) is 11.2. The summed E-state index contributed by atoms with van der Waals surface area (Å²) in [5.74, 6) is -1.61. The molecule has 13 heteroatoms. The van der Waals surface area contributed by atoms with Crippen LogP contribution in [0.1, 0.15) is 5.56 Å². The Morgan fingerprint density at radius 1 is 1.09 bits per heavy atom. The Morgan fingerprint density at radius 2 is 1.70 bits per heavy atom. The number of aliphatic hydroxyl groups excluding tert-OH is 3. The Labute approximate surface area is 188 Å². The van der Waals surface area contributed by atoms with Crippen LogP contribution < -0.4 is 0 Å². The fourth-order valence-corrected chi connectivity index (χ4v) is 5.47. The van der Waals surface area contributed by atoms with E-state index in [0.717, 1.165) is 12.1 Å². The SMILES string of the molecule is O=C(O)[C@H](Cc1ccccc1)N([C@@H]1O[C@@H](CO)[C@H](O)[C@H]1O)S(=O)(=O)c1ccccc1[N+](=O)[O-]. The highest BCUT2D eigenvalue weighted by atomic mass is 32.2. The Hall–Kier alpha value is -2.94. The maximum Gasteiger partial charge on any atom is 0.322 e. The number of benzene rings is 2. The molecule has 0 aromatic heterocycles. The largest absolute Gasteiger partial charge is 0.480 e. The van der Waals surface area contributed by atoms with Crippen LogP contribution in [-0.2, 0) is 26.0 Å². The topological polar surface area (TPSA) is 188 Å². The van der Waals surface area contributed by atoms with E-state index in [-0.39, 0.29) is 6.42 Å². The highest BCUT2D eigenvalue weighted by molar-refractivity contribution is 7.89. The van der Waals surface area contributed by atoms with Gasteiger partial charge in [-0.05, 0) is 18.1 Å². The van der Waals surface area contributed by atoms with E-state index in [2.05, 4.69) is 0 Å². The molecule has 4 N–H and O–H groups in total. The molecule has 2 aromatic rings. The summed E-state index contributed by atoms with van der Waals surface area (Å²) in [6, 6.07) is 10.5. The average Bonchev–Trinajstić information content (AvgIpc) is 3.07. The van der Waals surface area contributed by atoms with Crippen LogP contribution in [0, 0.1) is 10.1 Å². The van der Waals surface area contributed by atoms with Crippen LogP contribution in [0.25, 0.3) is 0 Å². The molecule has 1 heterocycles. The Balaban J connectivity index is 2.19. The lowest BCUT2D eigenvalue weighted by Crippen LogP contribution is -2.55. The van der Waals surface area contributed by atoms with Crippen molar-refractivity contribution in [2.24, 2.45) is 0 Å². The van der Waals surface area contributed by atoms with Crippen LogP contribution in [0.2, 0.25) is 0 Å². The van der Waals surface area contributed by atoms with E-state index in [4.69, 9.17) is 4.74 Å². The molecule has 0 saturated carbocycles. The van der Waals surface area contributed by atoms with Gasteiger partial charge in [-0.25, -0.2) is 8.42 Å². The van der Waals surface area contributed by atoms with Crippen LogP contribution in [0.3, 0.4) is 0 Å². The minimum atomic E-state index is -4.98. The lowest BCUT2D eigenvalue weighted by atomic mass is 10.0. The van der Waals surface area contributed by atoms with Gasteiger partial charge in [-0.3, -0.25) is 14.9 Å². The summed E-state index contributed by atoms with van der Waals surface area (Å²) in [6.07, 6.45) is -7.37. The number of nitro groups is 1. The van der Waals surface area contributed by atoms with Gasteiger partial charge in [-0.15, -0.1) is 0 Å². The van der Waals surface area contributed by atoms with Gasteiger partial charge in [0.2, 0.25) is 0 Å². The zero-order valence-electron chi connectivity index (χ0n) is 17.0. The van der Waals surface area contributed by atoms with Gasteiger partial charge in [0.25, 0.3) is 15.7 Å². The third-order valence-electron chi connectivity index (χ3n) is 5.25. The molecule has 1 aliphatic heterocycles. The number of ether oxygens (including phenoxy) is 1. The van der Waals surface area contributed by atoms with Crippen molar-refractivity contribution in [3.63, 3.8) is 0 Å². The van der Waals surface area contributed by atoms with Gasteiger partial charge >= 0.3 is 5.97 Å². The van der Waals surface area contributed by atoms with Gasteiger partial charge in [0.05, 0.1) is 11.5 Å². The molecular formula is C20H22N2O10S. The van der Waals surface area contributed by atoms with Gasteiger partial charge in [-0.2, -0.15) is 4.31 Å². The summed E-state index contributed by atoms with van der Waals surface area (Å²) in [7, 11) is -4.98. The van der Waals surface area contributed by atoms with E-state index in [1.807, 2.05) is 0 Å². The van der Waals surface area contributed by atoms with Crippen LogP contribution in [0.15, 0.2) is 59.5 Å². The van der Waals surface area contributed by atoms with Crippen molar-refractivity contribution in [3.8, 4) is 0 Å². The lowest BCUT2D eigenvalue weighted by molar-refractivity contribution is -0.387. The van der Waals surface area contributed by atoms with Crippen molar-refractivity contribution in [2.45, 2.75) is 41.9 Å². The predicted octanol–water partition coefficient (Wildman–Crippen LogP) is -0.280. The summed E-state index contributed by atoms with van der Waals surface area (Å²) in [5.41, 5.74) is -0.377. The number of para-hydroxylation sites is 1. The number of carbonyl (C=O) groups is 1. The molecule has 2 aromatic carbocycles. The van der Waals surface area contributed by atoms with Gasteiger partial charge in [0.1, 0.15) is 24.4 Å². The summed E-state index contributed by atoms with van der Waals surface area (Å²) in [5, 5.41) is 51.5. The number of carboxylic acids is 1. The van der Waals surface area contributed by atoms with Crippen LogP contribution in [-0.4, -0.2) is 81.2 Å². The third kappa shape index (κ3) is 4.88. The van der Waals surface area contributed by atoms with Crippen molar-refractivity contribution < 1.29 is 43.3 Å². The Bertz CT molecular complexity index is 1110. The van der Waals surface area contributed by atoms with Crippen LogP contribution in [0.5, 0.6) is 0 Å². The molecule has 0 radical (unpaired) electrons. The number of rotatable bonds is 9. The fraction of sp³-hybridized carbons (Fsp3) is 0.350. The minimum Gasteiger partial charge on any atom is -0.480 e. The van der Waals surface area contributed by atoms with E-state index in [1.165, 1.54) is 12.1 Å². The second kappa shape index (κ2) is 9.91. The standard InChI is InChI=1S/C20H22N2O10S/c23-11-15-17(24)18(25)19(32-15)21(14(20(26)27)10-12-6-2-1-3-7-12)33(30,31)16-9-5-4-8-13(16)22(28)29/h1-9,14-15,17-19,23-25H,10-11H2,(H,26,27)/t14-,15-,17-,18+,19+/m0/s1. The quantitative estimate of drug-likeness (QED) is 0.273. The first kappa shape index (κ1) is 24.7. The zero-order chi connectivity index (χ0) is 24.3. The highest BCUT2D eigenvalue weighted by Crippen LogP contribution is 2.34. The first-order chi connectivity index (χ1) is 15.6. The molecule has 12 nitrogen and oxygen atoms in total. The van der Waals surface area contributed by atoms with Gasteiger partial charge in [-0.1, -0.05) is 42.5 Å². The summed E-state index contributed by atoms with van der Waals surface area (Å²) in [6.45, 7) is -0.787. The molecule has 1 aliphatic rings. The molecule has 0 amide bonds. The van der Waals surface area contributed by atoms with Crippen LogP contribution >= 0.6 is 0 Å². The fourth-order valence-electron chi connectivity index (χ4n) is 3.64. The predicted molar refractivity (Wildman–Crippen MR) is 111 cm³/mol. The Kier molecular flexibility index (Phi) is 7.41. The molecule has 0 unspecified atom stereocenters. The first-order valence-electron chi connectivity index (χ1n) is 9.75. The van der Waals surface area contributed by atoms with E-state index in [9.17, 15) is 43.8 Å². The number of hydrogen-bond donors (Lipinski definition) is 4. The molecule has 3 rings (SSSR count). The average molecular weight is 482 g/mol. The van der Waals surface area contributed by atoms with Crippen molar-refractivity contribution in [2.75, 3.05) is 6.61 Å². The molecule has 0 spiro atoms. The van der Waals surface area contributed by atoms with Crippen LogP contribution in [0.4, 0.5) is 5.69 Å². The highest BCUT2D eigenvalue weighted by Gasteiger charge is 2.53. The number of sulfonamides is 1. The lowest BCUT2D eigenvalue weighted by Gasteiger charge is -2.34. The van der Waals surface area contributed by atoms with Gasteiger partial charge in [0, 0.05) is 6.07 Å². The van der Waals surface area contributed by atoms with Crippen molar-refractivity contribution in [1.82, 2.24) is 4.31 Å². The summed E-state index contributed by atoms with van der Waals surface area (Å²) < 4.78 is 33.0. The second-order valence-electron chi connectivity index (χ2n) is 7.33. The molecule has 178 valence electrons. The molecule has 0 aliphatic carbocycles. The number of hydrogen-bond acceptors (Lipinski definition) is 9. The summed E-state index contributed by atoms with van der Waals surface area (Å²) >= 11 is 0. The van der Waals surface area contributed by atoms with E-state index in [0.29, 0.717) is 9.87 Å². The number of carboxylic acid groups (broad SMARTS) is 1. The number of nitrogens with zero attached hydrogens (tertiary/aromatic N) is 2. The van der Waals surface area contributed by atoms with Crippen molar-refractivity contribution in [1.29, 1.82) is 0 Å². The zero-order valence-corrected chi connectivity index (χ0v) is 17.9. The van der Waals surface area contributed by atoms with E-state index < -0.39 is 68.7 Å². The smallest absolute Gasteiger partial charge is 0.322 e. The minimum absolute atomic E-state index is 0.314. The number of nitro benzene ring substituents is 1. The molecule has 1 saturated heterocycles. The molecule has 0 bridgehead atoms. The normalized spacial score (nSPS) is 24.0. The molecular weight excluding hydrogens is 460 g/mol. The molecule has 5 atom stereocenters. The van der Waals surface area contributed by atoms with Gasteiger partial charge < -0.3 is 25.2 Å². The summed E-state index contributed by atoms with van der Waals surface area (Å²) in [4.78, 5) is 22.0. The van der Waals surface area contributed by atoms with Crippen molar-refractivity contribution in [3.05, 3.63) is 70.3 Å². The second-order valence-corrected chi connectivity index (χ2v) is 9.14. The molecule has 33 heavy (non-hydrogen) atoms. The monoisotopic (exact) mass is 482 g/mol. The Morgan fingerprint density at radius 3 is 2.24 bits per heavy atom. The molecule has 1 fully saturated rings. The van der Waals surface area contributed by atoms with E-state index >= 15 is 0 Å². The van der Waals surface area contributed by atoms with Crippen molar-refractivity contribution >= 4 is 21.7 Å². The maximum atomic E-state index is 13.7. The van der Waals surface area contributed by atoms with Gasteiger partial charge in [0.15, 0.2) is 11.1 Å². The third-order valence-corrected chi connectivity index (χ3v) is 7.17. The maximum absolute atomic E-state index is 13.7. The number of aliphatic hydroxyl groups is 3. The van der Waals surface area contributed by atoms with E-state index in [1.54, 1.807) is 30.3 Å². The number of aliphatic carboxylic acids is 1.